The normalized spacial score (nSPS) is 10.9. The van der Waals surface area contributed by atoms with E-state index in [1.54, 1.807) is 23.1 Å². The van der Waals surface area contributed by atoms with Crippen LogP contribution in [0.15, 0.2) is 28.9 Å². The lowest BCUT2D eigenvalue weighted by Gasteiger charge is -2.23. The van der Waals surface area contributed by atoms with Crippen LogP contribution in [0.2, 0.25) is 0 Å². The molecule has 0 saturated carbocycles. The van der Waals surface area contributed by atoms with E-state index in [-0.39, 0.29) is 30.0 Å². The van der Waals surface area contributed by atoms with Gasteiger partial charge in [-0.05, 0) is 24.0 Å². The Labute approximate surface area is 177 Å². The van der Waals surface area contributed by atoms with Crippen molar-refractivity contribution in [2.24, 2.45) is 11.8 Å². The predicted octanol–water partition coefficient (Wildman–Crippen LogP) is 3.38. The molecule has 2 rings (SSSR count). The molecule has 1 N–H and O–H groups in total. The van der Waals surface area contributed by atoms with Gasteiger partial charge in [-0.25, -0.2) is 4.98 Å². The van der Waals surface area contributed by atoms with Crippen molar-refractivity contribution in [2.45, 2.75) is 34.2 Å². The van der Waals surface area contributed by atoms with Gasteiger partial charge in [0.2, 0.25) is 5.89 Å². The molecule has 1 heterocycles. The Kier molecular flexibility index (Phi) is 8.26. The molecule has 0 fully saturated rings. The van der Waals surface area contributed by atoms with Crippen LogP contribution in [0.4, 0.5) is 0 Å². The van der Waals surface area contributed by atoms with Gasteiger partial charge in [0.05, 0.1) is 20.8 Å². The van der Waals surface area contributed by atoms with E-state index in [0.717, 1.165) is 0 Å². The molecule has 0 atom stereocenters. The van der Waals surface area contributed by atoms with Crippen LogP contribution in [0.3, 0.4) is 0 Å². The summed E-state index contributed by atoms with van der Waals surface area (Å²) in [6, 6.07) is 5.04. The van der Waals surface area contributed by atoms with Crippen molar-refractivity contribution in [3.8, 4) is 11.5 Å². The van der Waals surface area contributed by atoms with E-state index >= 15 is 0 Å². The summed E-state index contributed by atoms with van der Waals surface area (Å²) in [5, 5.41) is 2.80. The molecule has 0 aliphatic carbocycles. The van der Waals surface area contributed by atoms with Crippen LogP contribution in [0.5, 0.6) is 11.5 Å². The summed E-state index contributed by atoms with van der Waals surface area (Å²) in [6.07, 6.45) is 1.32. The Morgan fingerprint density at radius 2 is 1.70 bits per heavy atom. The van der Waals surface area contributed by atoms with Gasteiger partial charge in [-0.15, -0.1) is 0 Å². The minimum absolute atomic E-state index is 0.147. The molecule has 0 aliphatic heterocycles. The van der Waals surface area contributed by atoms with Gasteiger partial charge in [-0.1, -0.05) is 27.7 Å². The molecule has 0 spiro atoms. The molecule has 0 saturated heterocycles. The first-order valence-corrected chi connectivity index (χ1v) is 9.98. The molecule has 8 heteroatoms. The summed E-state index contributed by atoms with van der Waals surface area (Å²) >= 11 is 0. The first-order chi connectivity index (χ1) is 14.2. The van der Waals surface area contributed by atoms with Gasteiger partial charge in [-0.2, -0.15) is 0 Å². The number of methoxy groups -OCH3 is 2. The maximum absolute atomic E-state index is 13.2. The van der Waals surface area contributed by atoms with Gasteiger partial charge in [0.25, 0.3) is 11.8 Å². The van der Waals surface area contributed by atoms with E-state index in [1.807, 2.05) is 27.7 Å². The minimum atomic E-state index is -0.294. The second-order valence-corrected chi connectivity index (χ2v) is 7.91. The number of aromatic nitrogens is 1. The van der Waals surface area contributed by atoms with Crippen molar-refractivity contribution in [2.75, 3.05) is 27.3 Å². The number of rotatable bonds is 10. The number of carbonyl (C=O) groups is 2. The molecule has 164 valence electrons. The Hall–Kier alpha value is -3.03. The quantitative estimate of drug-likeness (QED) is 0.637. The summed E-state index contributed by atoms with van der Waals surface area (Å²) in [7, 11) is 3.07. The lowest BCUT2D eigenvalue weighted by atomic mass is 10.1. The molecule has 0 radical (unpaired) electrons. The van der Waals surface area contributed by atoms with E-state index in [2.05, 4.69) is 10.3 Å². The second kappa shape index (κ2) is 10.7. The first kappa shape index (κ1) is 23.3. The largest absolute Gasteiger partial charge is 0.497 e. The summed E-state index contributed by atoms with van der Waals surface area (Å²) in [6.45, 7) is 9.26. The van der Waals surface area contributed by atoms with Crippen molar-refractivity contribution in [1.82, 2.24) is 15.2 Å². The number of benzene rings is 1. The Balaban J connectivity index is 2.21. The fraction of sp³-hybridized carbons (Fsp3) is 0.500. The van der Waals surface area contributed by atoms with Crippen LogP contribution >= 0.6 is 0 Å². The lowest BCUT2D eigenvalue weighted by molar-refractivity contribution is 0.0706. The van der Waals surface area contributed by atoms with Crippen LogP contribution in [0, 0.1) is 11.8 Å². The Morgan fingerprint density at radius 3 is 2.23 bits per heavy atom. The molecule has 0 bridgehead atoms. The fourth-order valence-electron chi connectivity index (χ4n) is 2.81. The molecular weight excluding hydrogens is 386 g/mol. The van der Waals surface area contributed by atoms with Gasteiger partial charge in [0.1, 0.15) is 17.8 Å². The van der Waals surface area contributed by atoms with Crippen LogP contribution in [0.1, 0.15) is 54.4 Å². The van der Waals surface area contributed by atoms with E-state index in [0.29, 0.717) is 42.0 Å². The SMILES string of the molecule is COc1cc(OC)cc(C(=O)N(Cc2nc(C(=O)NCC(C)C)co2)CC(C)C)c1. The standard InChI is InChI=1S/C22H31N3O5/c1-14(2)10-23-21(26)19-13-30-20(24-19)12-25(11-15(3)4)22(27)16-7-17(28-5)9-18(8-16)29-6/h7-9,13-15H,10-12H2,1-6H3,(H,23,26). The highest BCUT2D eigenvalue weighted by Crippen LogP contribution is 2.24. The third-order valence-electron chi connectivity index (χ3n) is 4.25. The van der Waals surface area contributed by atoms with Crippen molar-refractivity contribution < 1.29 is 23.5 Å². The van der Waals surface area contributed by atoms with E-state index in [9.17, 15) is 9.59 Å². The van der Waals surface area contributed by atoms with Crippen molar-refractivity contribution >= 4 is 11.8 Å². The van der Waals surface area contributed by atoms with Crippen molar-refractivity contribution in [1.29, 1.82) is 0 Å². The van der Waals surface area contributed by atoms with Crippen molar-refractivity contribution in [3.05, 3.63) is 41.6 Å². The Bertz CT molecular complexity index is 838. The average Bonchev–Trinajstić information content (AvgIpc) is 3.18. The summed E-state index contributed by atoms with van der Waals surface area (Å²) in [5.74, 6) is 1.42. The number of oxazole rings is 1. The third-order valence-corrected chi connectivity index (χ3v) is 4.25. The third kappa shape index (κ3) is 6.50. The highest BCUT2D eigenvalue weighted by atomic mass is 16.5. The van der Waals surface area contributed by atoms with Gasteiger partial charge in [0.15, 0.2) is 5.69 Å². The highest BCUT2D eigenvalue weighted by molar-refractivity contribution is 5.95. The molecule has 2 aromatic rings. The molecule has 0 aliphatic rings. The number of nitrogens with one attached hydrogen (secondary N) is 1. The van der Waals surface area contributed by atoms with Crippen LogP contribution < -0.4 is 14.8 Å². The molecular formula is C22H31N3O5. The van der Waals surface area contributed by atoms with Crippen LogP contribution in [-0.4, -0.2) is 49.0 Å². The predicted molar refractivity (Wildman–Crippen MR) is 113 cm³/mol. The van der Waals surface area contributed by atoms with Gasteiger partial charge in [-0.3, -0.25) is 9.59 Å². The summed E-state index contributed by atoms with van der Waals surface area (Å²) < 4.78 is 16.0. The van der Waals surface area contributed by atoms with E-state index in [1.165, 1.54) is 20.5 Å². The number of amides is 2. The average molecular weight is 418 g/mol. The smallest absolute Gasteiger partial charge is 0.273 e. The molecule has 1 aromatic heterocycles. The number of hydrogen-bond acceptors (Lipinski definition) is 6. The number of nitrogens with zero attached hydrogens (tertiary/aromatic N) is 2. The topological polar surface area (TPSA) is 93.9 Å². The second-order valence-electron chi connectivity index (χ2n) is 7.91. The first-order valence-electron chi connectivity index (χ1n) is 9.98. The van der Waals surface area contributed by atoms with E-state index in [4.69, 9.17) is 13.9 Å². The molecule has 1 aromatic carbocycles. The maximum atomic E-state index is 13.2. The van der Waals surface area contributed by atoms with Crippen LogP contribution in [-0.2, 0) is 6.54 Å². The summed E-state index contributed by atoms with van der Waals surface area (Å²) in [4.78, 5) is 31.3. The van der Waals surface area contributed by atoms with Crippen LogP contribution in [0.25, 0.3) is 0 Å². The van der Waals surface area contributed by atoms with Gasteiger partial charge < -0.3 is 24.1 Å². The molecule has 8 nitrogen and oxygen atoms in total. The minimum Gasteiger partial charge on any atom is -0.497 e. The zero-order valence-electron chi connectivity index (χ0n) is 18.5. The fourth-order valence-corrected chi connectivity index (χ4v) is 2.81. The van der Waals surface area contributed by atoms with Gasteiger partial charge in [0, 0.05) is 24.7 Å². The lowest BCUT2D eigenvalue weighted by Crippen LogP contribution is -2.34. The number of carbonyl (C=O) groups excluding carboxylic acids is 2. The summed E-state index contributed by atoms with van der Waals surface area (Å²) in [5.41, 5.74) is 0.638. The number of ether oxygens (including phenoxy) is 2. The molecule has 30 heavy (non-hydrogen) atoms. The van der Waals surface area contributed by atoms with Crippen molar-refractivity contribution in [3.63, 3.8) is 0 Å². The maximum Gasteiger partial charge on any atom is 0.273 e. The molecule has 0 unspecified atom stereocenters. The highest BCUT2D eigenvalue weighted by Gasteiger charge is 2.22. The van der Waals surface area contributed by atoms with E-state index < -0.39 is 0 Å². The molecule has 2 amide bonds. The monoisotopic (exact) mass is 417 g/mol. The van der Waals surface area contributed by atoms with Gasteiger partial charge >= 0.3 is 0 Å². The zero-order valence-corrected chi connectivity index (χ0v) is 18.5. The zero-order chi connectivity index (χ0) is 22.3. The number of hydrogen-bond donors (Lipinski definition) is 1. The Morgan fingerprint density at radius 1 is 1.07 bits per heavy atom.